The zero-order valence-electron chi connectivity index (χ0n) is 21.4. The molecule has 2 aromatic carbocycles. The van der Waals surface area contributed by atoms with Crippen LogP contribution in [-0.2, 0) is 27.3 Å². The van der Waals surface area contributed by atoms with Crippen molar-refractivity contribution in [2.75, 3.05) is 0 Å². The summed E-state index contributed by atoms with van der Waals surface area (Å²) in [7, 11) is 0. The summed E-state index contributed by atoms with van der Waals surface area (Å²) in [6, 6.07) is 11.2. The Morgan fingerprint density at radius 3 is 1.19 bits per heavy atom. The van der Waals surface area contributed by atoms with E-state index >= 15 is 0 Å². The molecule has 0 atom stereocenters. The zero-order chi connectivity index (χ0) is 23.8. The fourth-order valence-corrected chi connectivity index (χ4v) is 5.94. The molecule has 0 bridgehead atoms. The second-order valence-corrected chi connectivity index (χ2v) is 13.8. The first-order valence-corrected chi connectivity index (χ1v) is 12.0. The minimum absolute atomic E-state index is 0. The average molecular weight is 499 g/mol. The summed E-state index contributed by atoms with van der Waals surface area (Å²) < 4.78 is 0. The van der Waals surface area contributed by atoms with Crippen LogP contribution in [-0.4, -0.2) is 0 Å². The molecule has 32 heavy (non-hydrogen) atoms. The van der Waals surface area contributed by atoms with Crippen molar-refractivity contribution in [2.24, 2.45) is 10.8 Å². The van der Waals surface area contributed by atoms with Gasteiger partial charge in [-0.2, -0.15) is 0 Å². The van der Waals surface area contributed by atoms with E-state index in [-0.39, 0.29) is 49.7 Å². The van der Waals surface area contributed by atoms with Crippen molar-refractivity contribution in [3.63, 3.8) is 0 Å². The molecule has 0 spiro atoms. The summed E-state index contributed by atoms with van der Waals surface area (Å²) in [6.07, 6.45) is 2.01. The maximum atomic E-state index is 12.6. The fourth-order valence-electron chi connectivity index (χ4n) is 4.99. The summed E-state index contributed by atoms with van der Waals surface area (Å²) in [5.41, 5.74) is 2.53. The summed E-state index contributed by atoms with van der Waals surface area (Å²) in [4.78, 5) is 1.25. The Bertz CT molecular complexity index is 843. The molecule has 0 N–H and O–H groups in total. The Hall–Kier alpha value is -1.12. The molecule has 0 aliphatic heterocycles. The third-order valence-electron chi connectivity index (χ3n) is 5.61. The van der Waals surface area contributed by atoms with Gasteiger partial charge >= 0.3 is 16.5 Å². The molecule has 0 fully saturated rings. The third-order valence-corrected chi connectivity index (χ3v) is 6.69. The van der Waals surface area contributed by atoms with Crippen molar-refractivity contribution in [3.8, 4) is 11.5 Å². The van der Waals surface area contributed by atoms with Crippen LogP contribution in [0.1, 0.15) is 93.2 Å². The van der Waals surface area contributed by atoms with Crippen LogP contribution in [0.3, 0.4) is 0 Å². The van der Waals surface area contributed by atoms with E-state index < -0.39 is 0 Å². The van der Waals surface area contributed by atoms with Gasteiger partial charge in [0.05, 0.1) is 0 Å². The van der Waals surface area contributed by atoms with Crippen molar-refractivity contribution in [3.05, 3.63) is 47.5 Å². The average Bonchev–Trinajstić information content (AvgIpc) is 2.54. The van der Waals surface area contributed by atoms with Gasteiger partial charge in [0.15, 0.2) is 0 Å². The summed E-state index contributed by atoms with van der Waals surface area (Å²) in [5, 5.41) is 25.3. The molecule has 0 saturated heterocycles. The van der Waals surface area contributed by atoms with Crippen LogP contribution in [0.25, 0.3) is 0 Å². The summed E-state index contributed by atoms with van der Waals surface area (Å²) in [6.45, 7) is 22.3. The quantitative estimate of drug-likeness (QED) is 0.389. The fraction of sp³-hybridized carbons (Fsp3) is 0.571. The summed E-state index contributed by atoms with van der Waals surface area (Å²) >= 11 is 1.31. The van der Waals surface area contributed by atoms with Gasteiger partial charge in [-0.15, -0.1) is 0 Å². The van der Waals surface area contributed by atoms with Crippen molar-refractivity contribution in [1.82, 2.24) is 0 Å². The smallest absolute Gasteiger partial charge is 0.872 e. The Labute approximate surface area is 210 Å². The van der Waals surface area contributed by atoms with Gasteiger partial charge in [0, 0.05) is 9.79 Å². The molecular weight excluding hydrogens is 459 g/mol. The van der Waals surface area contributed by atoms with E-state index in [4.69, 9.17) is 0 Å². The first kappa shape index (κ1) is 28.9. The predicted octanol–water partition coefficient (Wildman–Crippen LogP) is 7.41. The SMILES string of the molecule is CC(C)(C)CC(C)(C)c1ccc([O-])c(Sc2cc(C(C)(C)CC(C)(C)C)ccc2[O-])c1.[Ni+2]. The minimum Gasteiger partial charge on any atom is -0.872 e. The van der Waals surface area contributed by atoms with Crippen LogP contribution in [0.5, 0.6) is 11.5 Å². The normalized spacial score (nSPS) is 13.1. The molecule has 0 amide bonds. The van der Waals surface area contributed by atoms with Crippen LogP contribution in [0.15, 0.2) is 46.2 Å². The molecule has 0 aromatic heterocycles. The van der Waals surface area contributed by atoms with Gasteiger partial charge in [-0.05, 0) is 57.8 Å². The first-order valence-electron chi connectivity index (χ1n) is 11.2. The van der Waals surface area contributed by atoms with Gasteiger partial charge in [-0.1, -0.05) is 117 Å². The van der Waals surface area contributed by atoms with Crippen molar-refractivity contribution >= 4 is 11.8 Å². The molecule has 2 nitrogen and oxygen atoms in total. The van der Waals surface area contributed by atoms with E-state index in [9.17, 15) is 10.2 Å². The standard InChI is InChI=1S/C28H42O2S.Ni/c1-25(2,3)17-27(7,8)19-11-13-21(29)23(15-19)31-24-16-20(12-14-22(24)30)28(9,10)18-26(4,5)6;/h11-16,29-30H,17-18H2,1-10H3;/q;+2/p-2. The van der Waals surface area contributed by atoms with E-state index in [2.05, 4.69) is 69.2 Å². The van der Waals surface area contributed by atoms with Gasteiger partial charge < -0.3 is 10.2 Å². The Morgan fingerprint density at radius 1 is 0.594 bits per heavy atom. The molecule has 0 heterocycles. The number of hydrogen-bond acceptors (Lipinski definition) is 3. The molecule has 0 unspecified atom stereocenters. The second kappa shape index (κ2) is 10.0. The Kier molecular flexibility index (Phi) is 9.05. The zero-order valence-corrected chi connectivity index (χ0v) is 23.2. The maximum absolute atomic E-state index is 12.6. The monoisotopic (exact) mass is 498 g/mol. The van der Waals surface area contributed by atoms with Gasteiger partial charge in [-0.3, -0.25) is 0 Å². The van der Waals surface area contributed by atoms with Crippen LogP contribution in [0.2, 0.25) is 0 Å². The van der Waals surface area contributed by atoms with Gasteiger partial charge in [0.25, 0.3) is 0 Å². The molecule has 2 aromatic rings. The number of benzene rings is 2. The topological polar surface area (TPSA) is 46.1 Å². The van der Waals surface area contributed by atoms with Gasteiger partial charge in [0.2, 0.25) is 0 Å². The molecule has 0 radical (unpaired) electrons. The molecule has 180 valence electrons. The van der Waals surface area contributed by atoms with Crippen molar-refractivity contribution < 1.29 is 26.7 Å². The van der Waals surface area contributed by atoms with E-state index in [1.165, 1.54) is 11.8 Å². The largest absolute Gasteiger partial charge is 2.00 e. The van der Waals surface area contributed by atoms with Crippen LogP contribution >= 0.6 is 11.8 Å². The van der Waals surface area contributed by atoms with Crippen LogP contribution < -0.4 is 10.2 Å². The number of hydrogen-bond donors (Lipinski definition) is 0. The van der Waals surface area contributed by atoms with E-state index in [0.29, 0.717) is 9.79 Å². The third kappa shape index (κ3) is 8.03. The molecule has 4 heteroatoms. The van der Waals surface area contributed by atoms with E-state index in [1.54, 1.807) is 12.1 Å². The molecule has 0 aliphatic rings. The van der Waals surface area contributed by atoms with Crippen molar-refractivity contribution in [2.45, 2.75) is 103 Å². The molecule has 0 aliphatic carbocycles. The van der Waals surface area contributed by atoms with Crippen LogP contribution in [0, 0.1) is 10.8 Å². The molecular formula is C28H40NiO2S. The van der Waals surface area contributed by atoms with E-state index in [0.717, 1.165) is 24.0 Å². The van der Waals surface area contributed by atoms with Gasteiger partial charge in [-0.25, -0.2) is 0 Å². The summed E-state index contributed by atoms with van der Waals surface area (Å²) in [5.74, 6) is -0.0573. The molecule has 2 rings (SSSR count). The predicted molar refractivity (Wildman–Crippen MR) is 130 cm³/mol. The first-order chi connectivity index (χ1) is 13.9. The maximum Gasteiger partial charge on any atom is 2.00 e. The second-order valence-electron chi connectivity index (χ2n) is 12.7. The minimum atomic E-state index is -0.0574. The van der Waals surface area contributed by atoms with Crippen molar-refractivity contribution in [1.29, 1.82) is 0 Å². The Morgan fingerprint density at radius 2 is 0.906 bits per heavy atom. The number of rotatable bonds is 6. The molecule has 0 saturated carbocycles. The van der Waals surface area contributed by atoms with Crippen LogP contribution in [0.4, 0.5) is 0 Å². The Balaban J connectivity index is 0.00000512. The van der Waals surface area contributed by atoms with Gasteiger partial charge in [0.1, 0.15) is 0 Å². The van der Waals surface area contributed by atoms with E-state index in [1.807, 2.05) is 24.3 Å².